The van der Waals surface area contributed by atoms with Crippen molar-refractivity contribution in [3.8, 4) is 0 Å². The number of rotatable bonds is 7. The van der Waals surface area contributed by atoms with Crippen LogP contribution in [0.4, 0.5) is 13.2 Å². The molecular weight excluding hydrogens is 452 g/mol. The summed E-state index contributed by atoms with van der Waals surface area (Å²) in [6.45, 7) is 4.70. The van der Waals surface area contributed by atoms with Gasteiger partial charge in [-0.2, -0.15) is 13.2 Å². The molecule has 0 saturated carbocycles. The van der Waals surface area contributed by atoms with Gasteiger partial charge in [-0.3, -0.25) is 9.59 Å². The maximum absolute atomic E-state index is 12.4. The number of hydrogen-bond donors (Lipinski definition) is 2. The second-order valence-electron chi connectivity index (χ2n) is 6.11. The van der Waals surface area contributed by atoms with Crippen molar-refractivity contribution in [1.29, 1.82) is 0 Å². The average Bonchev–Trinajstić information content (AvgIpc) is 2.68. The minimum absolute atomic E-state index is 0.0674. The zero-order valence-electron chi connectivity index (χ0n) is 14.4. The Balaban J connectivity index is 3.03. The molecule has 0 bridgehead atoms. The standard InChI is InChI=1S/C14H17Cl2F3N2O4S2/c1-6(2)4-8(20-9(22)5-14(17,18)19)13(23)21-27(24,25)10-7(3)11(15)26-12(10)16/h6,8H,4-5H2,1-3H3,(H,20,22)(H,21,23)/t8-/m0/s1. The zero-order chi connectivity index (χ0) is 21.2. The summed E-state index contributed by atoms with van der Waals surface area (Å²) in [5.41, 5.74) is 0.133. The number of carbonyl (C=O) groups excluding carboxylic acids is 2. The van der Waals surface area contributed by atoms with E-state index in [0.29, 0.717) is 0 Å². The molecule has 2 N–H and O–H groups in total. The van der Waals surface area contributed by atoms with Gasteiger partial charge in [-0.05, 0) is 19.3 Å². The Morgan fingerprint density at radius 1 is 1.19 bits per heavy atom. The van der Waals surface area contributed by atoms with E-state index in [0.717, 1.165) is 11.3 Å². The number of hydrogen-bond acceptors (Lipinski definition) is 5. The van der Waals surface area contributed by atoms with Crippen molar-refractivity contribution in [3.63, 3.8) is 0 Å². The number of alkyl halides is 3. The van der Waals surface area contributed by atoms with Crippen molar-refractivity contribution in [1.82, 2.24) is 10.0 Å². The maximum atomic E-state index is 12.4. The molecule has 0 aromatic carbocycles. The van der Waals surface area contributed by atoms with Crippen LogP contribution in [0.1, 0.15) is 32.3 Å². The van der Waals surface area contributed by atoms with Crippen LogP contribution < -0.4 is 10.0 Å². The Kier molecular flexibility index (Phi) is 7.98. The van der Waals surface area contributed by atoms with Gasteiger partial charge in [-0.25, -0.2) is 13.1 Å². The van der Waals surface area contributed by atoms with E-state index in [2.05, 4.69) is 0 Å². The molecule has 1 heterocycles. The molecule has 0 radical (unpaired) electrons. The summed E-state index contributed by atoms with van der Waals surface area (Å²) in [5.74, 6) is -2.82. The lowest BCUT2D eigenvalue weighted by molar-refractivity contribution is -0.155. The highest BCUT2D eigenvalue weighted by Gasteiger charge is 2.35. The normalized spacial score (nSPS) is 13.5. The minimum atomic E-state index is -4.76. The Morgan fingerprint density at radius 2 is 1.74 bits per heavy atom. The first-order valence-electron chi connectivity index (χ1n) is 7.51. The van der Waals surface area contributed by atoms with Gasteiger partial charge in [-0.15, -0.1) is 11.3 Å². The van der Waals surface area contributed by atoms with E-state index in [9.17, 15) is 31.2 Å². The Morgan fingerprint density at radius 3 is 2.15 bits per heavy atom. The number of amides is 2. The minimum Gasteiger partial charge on any atom is -0.344 e. The van der Waals surface area contributed by atoms with Crippen LogP contribution in [0.2, 0.25) is 8.67 Å². The van der Waals surface area contributed by atoms with Gasteiger partial charge in [0.1, 0.15) is 21.7 Å². The summed E-state index contributed by atoms with van der Waals surface area (Å²) in [6.07, 6.45) is -6.61. The monoisotopic (exact) mass is 468 g/mol. The van der Waals surface area contributed by atoms with Crippen molar-refractivity contribution in [2.24, 2.45) is 5.92 Å². The second-order valence-corrected chi connectivity index (χ2v) is 9.96. The second kappa shape index (κ2) is 8.97. The highest BCUT2D eigenvalue weighted by atomic mass is 35.5. The summed E-state index contributed by atoms with van der Waals surface area (Å²) >= 11 is 12.5. The smallest absolute Gasteiger partial charge is 0.344 e. The first-order valence-corrected chi connectivity index (χ1v) is 10.6. The lowest BCUT2D eigenvalue weighted by Gasteiger charge is -2.20. The van der Waals surface area contributed by atoms with Gasteiger partial charge in [0.2, 0.25) is 5.91 Å². The third-order valence-corrected chi connectivity index (χ3v) is 6.78. The first-order chi connectivity index (χ1) is 12.1. The molecule has 1 aromatic heterocycles. The topological polar surface area (TPSA) is 92.3 Å². The van der Waals surface area contributed by atoms with Crippen LogP contribution in [0.15, 0.2) is 4.90 Å². The van der Waals surface area contributed by atoms with Gasteiger partial charge in [-0.1, -0.05) is 37.0 Å². The van der Waals surface area contributed by atoms with Gasteiger partial charge < -0.3 is 5.32 Å². The van der Waals surface area contributed by atoms with Crippen LogP contribution in [0.3, 0.4) is 0 Å². The maximum Gasteiger partial charge on any atom is 0.397 e. The van der Waals surface area contributed by atoms with Gasteiger partial charge in [0, 0.05) is 5.56 Å². The SMILES string of the molecule is Cc1c(Cl)sc(Cl)c1S(=O)(=O)NC(=O)[C@H](CC(C)C)NC(=O)CC(F)(F)F. The number of halogens is 5. The molecule has 2 amide bonds. The van der Waals surface area contributed by atoms with Crippen molar-refractivity contribution < 1.29 is 31.2 Å². The van der Waals surface area contributed by atoms with Crippen LogP contribution in [0, 0.1) is 12.8 Å². The summed E-state index contributed by atoms with van der Waals surface area (Å²) in [5, 5.41) is 1.92. The summed E-state index contributed by atoms with van der Waals surface area (Å²) in [4.78, 5) is 23.5. The first kappa shape index (κ1) is 24.0. The van der Waals surface area contributed by atoms with E-state index in [1.54, 1.807) is 18.6 Å². The molecule has 13 heteroatoms. The van der Waals surface area contributed by atoms with Crippen LogP contribution in [0.25, 0.3) is 0 Å². The van der Waals surface area contributed by atoms with Crippen molar-refractivity contribution in [2.45, 2.75) is 50.7 Å². The molecule has 0 fully saturated rings. The van der Waals surface area contributed by atoms with E-state index < -0.39 is 45.4 Å². The number of sulfonamides is 1. The van der Waals surface area contributed by atoms with Crippen LogP contribution >= 0.6 is 34.5 Å². The molecule has 6 nitrogen and oxygen atoms in total. The van der Waals surface area contributed by atoms with Crippen LogP contribution in [-0.4, -0.2) is 32.5 Å². The summed E-state index contributed by atoms with van der Waals surface area (Å²) < 4.78 is 63.5. The van der Waals surface area contributed by atoms with E-state index >= 15 is 0 Å². The largest absolute Gasteiger partial charge is 0.397 e. The molecular formula is C14H17Cl2F3N2O4S2. The fraction of sp³-hybridized carbons (Fsp3) is 0.571. The van der Waals surface area contributed by atoms with Gasteiger partial charge in [0.25, 0.3) is 15.9 Å². The van der Waals surface area contributed by atoms with Crippen molar-refractivity contribution >= 4 is 56.4 Å². The van der Waals surface area contributed by atoms with Crippen molar-refractivity contribution in [2.75, 3.05) is 0 Å². The fourth-order valence-corrected chi connectivity index (χ4v) is 5.71. The number of carbonyl (C=O) groups is 2. The lowest BCUT2D eigenvalue weighted by atomic mass is 10.0. The Labute approximate surface area is 168 Å². The Hall–Kier alpha value is -1.04. The number of thiophene rings is 1. The Bertz CT molecular complexity index is 823. The molecule has 0 aliphatic rings. The highest BCUT2D eigenvalue weighted by molar-refractivity contribution is 7.90. The average molecular weight is 469 g/mol. The van der Waals surface area contributed by atoms with E-state index in [1.807, 2.05) is 5.32 Å². The molecule has 154 valence electrons. The molecule has 27 heavy (non-hydrogen) atoms. The summed E-state index contributed by atoms with van der Waals surface area (Å²) in [7, 11) is -4.43. The van der Waals surface area contributed by atoms with Gasteiger partial charge >= 0.3 is 6.18 Å². The van der Waals surface area contributed by atoms with Crippen molar-refractivity contribution in [3.05, 3.63) is 14.2 Å². The third-order valence-electron chi connectivity index (χ3n) is 3.22. The quantitative estimate of drug-likeness (QED) is 0.638. The molecule has 1 atom stereocenters. The molecule has 0 spiro atoms. The molecule has 0 saturated heterocycles. The zero-order valence-corrected chi connectivity index (χ0v) is 17.6. The predicted octanol–water partition coefficient (Wildman–Crippen LogP) is 3.65. The van der Waals surface area contributed by atoms with Gasteiger partial charge in [0.05, 0.1) is 4.34 Å². The molecule has 1 rings (SSSR count). The highest BCUT2D eigenvalue weighted by Crippen LogP contribution is 2.38. The lowest BCUT2D eigenvalue weighted by Crippen LogP contribution is -2.49. The molecule has 0 unspecified atom stereocenters. The van der Waals surface area contributed by atoms with Gasteiger partial charge in [0.15, 0.2) is 0 Å². The fourth-order valence-electron chi connectivity index (χ4n) is 2.13. The third kappa shape index (κ3) is 7.13. The van der Waals surface area contributed by atoms with E-state index in [4.69, 9.17) is 23.2 Å². The molecule has 0 aliphatic carbocycles. The van der Waals surface area contributed by atoms with Crippen LogP contribution in [-0.2, 0) is 19.6 Å². The van der Waals surface area contributed by atoms with E-state index in [-0.39, 0.29) is 26.6 Å². The molecule has 1 aromatic rings. The number of nitrogens with one attached hydrogen (secondary N) is 2. The summed E-state index contributed by atoms with van der Waals surface area (Å²) in [6, 6.07) is -1.47. The predicted molar refractivity (Wildman–Crippen MR) is 96.5 cm³/mol. The van der Waals surface area contributed by atoms with E-state index in [1.165, 1.54) is 6.92 Å². The molecule has 0 aliphatic heterocycles. The van der Waals surface area contributed by atoms with Crippen LogP contribution in [0.5, 0.6) is 0 Å².